The summed E-state index contributed by atoms with van der Waals surface area (Å²) in [6.45, 7) is 4.15. The van der Waals surface area contributed by atoms with Gasteiger partial charge in [-0.2, -0.15) is 0 Å². The van der Waals surface area contributed by atoms with Crippen LogP contribution in [0.3, 0.4) is 0 Å². The molecule has 0 atom stereocenters. The van der Waals surface area contributed by atoms with E-state index >= 15 is 0 Å². The lowest BCUT2D eigenvalue weighted by Gasteiger charge is -2.04. The van der Waals surface area contributed by atoms with Crippen LogP contribution in [-0.4, -0.2) is 19.5 Å². The summed E-state index contributed by atoms with van der Waals surface area (Å²) >= 11 is 0. The van der Waals surface area contributed by atoms with Gasteiger partial charge in [-0.1, -0.05) is 116 Å². The molecule has 0 unspecified atom stereocenters. The molecule has 0 aliphatic heterocycles. The van der Waals surface area contributed by atoms with Crippen molar-refractivity contribution < 1.29 is 9.53 Å². The van der Waals surface area contributed by atoms with Crippen LogP contribution in [0.5, 0.6) is 0 Å². The van der Waals surface area contributed by atoms with Gasteiger partial charge in [0.2, 0.25) is 0 Å². The van der Waals surface area contributed by atoms with Crippen LogP contribution >= 0.6 is 0 Å². The van der Waals surface area contributed by atoms with Gasteiger partial charge in [-0.05, 0) is 19.3 Å². The van der Waals surface area contributed by atoms with Crippen LogP contribution < -0.4 is 0 Å². The van der Waals surface area contributed by atoms with Crippen LogP contribution in [0, 0.1) is 0 Å². The highest BCUT2D eigenvalue weighted by molar-refractivity contribution is 5.48. The monoisotopic (exact) mass is 382 g/mol. The minimum atomic E-state index is 0.759. The molecule has 0 radical (unpaired) electrons. The molecule has 0 rings (SSSR count). The van der Waals surface area contributed by atoms with E-state index in [9.17, 15) is 4.79 Å². The van der Waals surface area contributed by atoms with Crippen LogP contribution in [-0.2, 0) is 9.53 Å². The van der Waals surface area contributed by atoms with Crippen LogP contribution in [0.4, 0.5) is 0 Å². The molecule has 0 saturated carbocycles. The maximum Gasteiger partial charge on any atom is 0.119 e. The van der Waals surface area contributed by atoms with Gasteiger partial charge in [0.15, 0.2) is 0 Å². The first-order valence-corrected chi connectivity index (χ1v) is 12.4. The van der Waals surface area contributed by atoms with E-state index in [1.54, 1.807) is 0 Å². The lowest BCUT2D eigenvalue weighted by molar-refractivity contribution is -0.107. The molecule has 0 aromatic rings. The molecule has 0 amide bonds. The van der Waals surface area contributed by atoms with Gasteiger partial charge in [0.1, 0.15) is 6.29 Å². The first-order chi connectivity index (χ1) is 13.4. The van der Waals surface area contributed by atoms with Crippen molar-refractivity contribution >= 4 is 6.29 Å². The SMILES string of the molecule is CCCCOCCCCCCCCCCCCCCCCCCCCC=O. The Labute approximate surface area is 171 Å². The van der Waals surface area contributed by atoms with Crippen molar-refractivity contribution in [1.82, 2.24) is 0 Å². The fourth-order valence-corrected chi connectivity index (χ4v) is 3.61. The Morgan fingerprint density at radius 3 is 1.19 bits per heavy atom. The van der Waals surface area contributed by atoms with Crippen molar-refractivity contribution in [2.75, 3.05) is 13.2 Å². The number of hydrogen-bond acceptors (Lipinski definition) is 2. The second kappa shape index (κ2) is 25.6. The molecule has 0 saturated heterocycles. The first-order valence-electron chi connectivity index (χ1n) is 12.4. The normalized spacial score (nSPS) is 11.1. The summed E-state index contributed by atoms with van der Waals surface area (Å²) < 4.78 is 5.60. The third-order valence-corrected chi connectivity index (χ3v) is 5.50. The van der Waals surface area contributed by atoms with Crippen molar-refractivity contribution in [3.05, 3.63) is 0 Å². The Hall–Kier alpha value is -0.370. The zero-order chi connectivity index (χ0) is 19.7. The molecule has 27 heavy (non-hydrogen) atoms. The Bertz CT molecular complexity index is 265. The fourth-order valence-electron chi connectivity index (χ4n) is 3.61. The van der Waals surface area contributed by atoms with E-state index in [1.165, 1.54) is 122 Å². The van der Waals surface area contributed by atoms with Gasteiger partial charge in [-0.25, -0.2) is 0 Å². The summed E-state index contributed by atoms with van der Waals surface area (Å²) in [6, 6.07) is 0. The average molecular weight is 383 g/mol. The molecule has 0 aliphatic rings. The molecule has 0 N–H and O–H groups in total. The number of ether oxygens (including phenoxy) is 1. The topological polar surface area (TPSA) is 26.3 Å². The Kier molecular flexibility index (Phi) is 25.3. The minimum absolute atomic E-state index is 0.759. The van der Waals surface area contributed by atoms with Gasteiger partial charge in [-0.3, -0.25) is 0 Å². The lowest BCUT2D eigenvalue weighted by Crippen LogP contribution is -1.96. The second-order valence-corrected chi connectivity index (χ2v) is 8.29. The second-order valence-electron chi connectivity index (χ2n) is 8.29. The standard InChI is InChI=1S/C25H50O2/c1-2-3-24-27-25-22-20-18-16-14-12-10-8-6-4-5-7-9-11-13-15-17-19-21-23-26/h23H,2-22,24-25H2,1H3. The van der Waals surface area contributed by atoms with E-state index < -0.39 is 0 Å². The van der Waals surface area contributed by atoms with Gasteiger partial charge >= 0.3 is 0 Å². The van der Waals surface area contributed by atoms with Crippen molar-refractivity contribution in [2.24, 2.45) is 0 Å². The molecule has 0 aromatic heterocycles. The zero-order valence-corrected chi connectivity index (χ0v) is 18.7. The van der Waals surface area contributed by atoms with Gasteiger partial charge in [-0.15, -0.1) is 0 Å². The van der Waals surface area contributed by atoms with Crippen LogP contribution in [0.2, 0.25) is 0 Å². The van der Waals surface area contributed by atoms with Crippen LogP contribution in [0.15, 0.2) is 0 Å². The van der Waals surface area contributed by atoms with E-state index in [-0.39, 0.29) is 0 Å². The predicted molar refractivity (Wildman–Crippen MR) is 120 cm³/mol. The largest absolute Gasteiger partial charge is 0.381 e. The summed E-state index contributed by atoms with van der Waals surface area (Å²) in [6.07, 6.45) is 29.0. The molecule has 162 valence electrons. The summed E-state index contributed by atoms with van der Waals surface area (Å²) in [7, 11) is 0. The zero-order valence-electron chi connectivity index (χ0n) is 18.7. The average Bonchev–Trinajstić information content (AvgIpc) is 2.68. The molecular weight excluding hydrogens is 332 g/mol. The fraction of sp³-hybridized carbons (Fsp3) is 0.960. The lowest BCUT2D eigenvalue weighted by atomic mass is 10.0. The number of aldehydes is 1. The Balaban J connectivity index is 2.96. The highest BCUT2D eigenvalue weighted by Gasteiger charge is 1.95. The van der Waals surface area contributed by atoms with Gasteiger partial charge < -0.3 is 9.53 Å². The van der Waals surface area contributed by atoms with Gasteiger partial charge in [0.05, 0.1) is 0 Å². The summed E-state index contributed by atoms with van der Waals surface area (Å²) in [5.74, 6) is 0. The molecule has 0 heterocycles. The molecule has 2 nitrogen and oxygen atoms in total. The number of unbranched alkanes of at least 4 members (excludes halogenated alkanes) is 19. The minimum Gasteiger partial charge on any atom is -0.381 e. The molecule has 0 aliphatic carbocycles. The predicted octanol–water partition coefficient (Wildman–Crippen LogP) is 8.41. The van der Waals surface area contributed by atoms with E-state index in [4.69, 9.17) is 4.74 Å². The molecule has 0 spiro atoms. The molecule has 0 bridgehead atoms. The maximum atomic E-state index is 10.2. The number of carbonyl (C=O) groups excluding carboxylic acids is 1. The maximum absolute atomic E-state index is 10.2. The molecule has 0 fully saturated rings. The van der Waals surface area contributed by atoms with E-state index in [1.807, 2.05) is 0 Å². The van der Waals surface area contributed by atoms with E-state index in [2.05, 4.69) is 6.92 Å². The molecule has 0 aromatic carbocycles. The van der Waals surface area contributed by atoms with Crippen molar-refractivity contribution in [3.63, 3.8) is 0 Å². The van der Waals surface area contributed by atoms with Crippen LogP contribution in [0.1, 0.15) is 142 Å². The molecular formula is C25H50O2. The Morgan fingerprint density at radius 2 is 0.815 bits per heavy atom. The van der Waals surface area contributed by atoms with E-state index in [0.29, 0.717) is 0 Å². The highest BCUT2D eigenvalue weighted by Crippen LogP contribution is 2.14. The number of rotatable bonds is 24. The summed E-state index contributed by atoms with van der Waals surface area (Å²) in [5, 5.41) is 0. The van der Waals surface area contributed by atoms with Gasteiger partial charge in [0.25, 0.3) is 0 Å². The smallest absolute Gasteiger partial charge is 0.119 e. The van der Waals surface area contributed by atoms with Crippen LogP contribution in [0.25, 0.3) is 0 Å². The third-order valence-electron chi connectivity index (χ3n) is 5.50. The summed E-state index contributed by atoms with van der Waals surface area (Å²) in [4.78, 5) is 10.2. The van der Waals surface area contributed by atoms with Crippen molar-refractivity contribution in [2.45, 2.75) is 142 Å². The quantitative estimate of drug-likeness (QED) is 0.124. The highest BCUT2D eigenvalue weighted by atomic mass is 16.5. The number of carbonyl (C=O) groups is 1. The summed E-state index contributed by atoms with van der Waals surface area (Å²) in [5.41, 5.74) is 0. The van der Waals surface area contributed by atoms with E-state index in [0.717, 1.165) is 32.3 Å². The third kappa shape index (κ3) is 25.6. The molecule has 2 heteroatoms. The number of hydrogen-bond donors (Lipinski definition) is 0. The Morgan fingerprint density at radius 1 is 0.481 bits per heavy atom. The van der Waals surface area contributed by atoms with Gasteiger partial charge in [0, 0.05) is 19.6 Å². The van der Waals surface area contributed by atoms with Crippen molar-refractivity contribution in [1.29, 1.82) is 0 Å². The first kappa shape index (κ1) is 26.6. The van der Waals surface area contributed by atoms with Crippen molar-refractivity contribution in [3.8, 4) is 0 Å².